The molecule has 0 heterocycles. The van der Waals surface area contributed by atoms with E-state index in [0.717, 1.165) is 28.8 Å². The van der Waals surface area contributed by atoms with Crippen LogP contribution in [0.3, 0.4) is 0 Å². The van der Waals surface area contributed by atoms with E-state index in [4.69, 9.17) is 4.74 Å². The Morgan fingerprint density at radius 1 is 1.11 bits per heavy atom. The Hall–Kier alpha value is -1.85. The fourth-order valence-corrected chi connectivity index (χ4v) is 4.11. The molecule has 1 aliphatic rings. The number of amides is 1. The molecule has 1 fully saturated rings. The maximum atomic E-state index is 12.1. The van der Waals surface area contributed by atoms with E-state index < -0.39 is 0 Å². The summed E-state index contributed by atoms with van der Waals surface area (Å²) in [5, 5.41) is 5.36. The third kappa shape index (κ3) is 6.95. The molecule has 0 bridgehead atoms. The summed E-state index contributed by atoms with van der Waals surface area (Å²) in [6.07, 6.45) is 7.47. The summed E-state index contributed by atoms with van der Waals surface area (Å²) in [6, 6.07) is 16.9. The predicted molar refractivity (Wildman–Crippen MR) is 115 cm³/mol. The molecule has 4 nitrogen and oxygen atoms in total. The zero-order chi connectivity index (χ0) is 19.6. The molecule has 5 heteroatoms. The molecule has 1 aliphatic carbocycles. The van der Waals surface area contributed by atoms with Crippen molar-refractivity contribution in [1.82, 2.24) is 5.32 Å². The van der Waals surface area contributed by atoms with Crippen molar-refractivity contribution in [1.29, 1.82) is 0 Å². The Labute approximate surface area is 176 Å². The summed E-state index contributed by atoms with van der Waals surface area (Å²) in [4.78, 5) is 12.1. The molecular weight excluding hydrogens is 416 g/mol. The lowest BCUT2D eigenvalue weighted by Gasteiger charge is -2.20. The highest BCUT2D eigenvalue weighted by Gasteiger charge is 2.17. The van der Waals surface area contributed by atoms with E-state index >= 15 is 0 Å². The summed E-state index contributed by atoms with van der Waals surface area (Å²) in [5.41, 5.74) is 2.36. The molecule has 2 aromatic carbocycles. The van der Waals surface area contributed by atoms with E-state index in [0.29, 0.717) is 12.6 Å². The van der Waals surface area contributed by atoms with Crippen LogP contribution in [0, 0.1) is 0 Å². The topological polar surface area (TPSA) is 54.9 Å². The van der Waals surface area contributed by atoms with Crippen LogP contribution in [-0.4, -0.2) is 25.1 Å². The number of carbonyl (C=O) groups is 1. The van der Waals surface area contributed by atoms with Gasteiger partial charge >= 0.3 is 0 Å². The van der Waals surface area contributed by atoms with Gasteiger partial charge in [-0.15, -0.1) is 0 Å². The standard InChI is InChI=1S/C23H29BrN2O2/c24-20-11-12-22(19(15-20)16-26-21-9-5-2-6-10-21)28-17-23(27)25-14-13-18-7-3-1-4-8-18/h1,3-4,7-8,11-12,15,21,26H,2,5-6,9-10,13-14,16-17H2,(H,25,27)/p+1. The predicted octanol–water partition coefficient (Wildman–Crippen LogP) is 3.58. The van der Waals surface area contributed by atoms with E-state index in [2.05, 4.69) is 44.8 Å². The SMILES string of the molecule is O=C(COc1ccc(Br)cc1C[NH2+]C1CCCCC1)NCCc1ccccc1. The van der Waals surface area contributed by atoms with E-state index in [-0.39, 0.29) is 12.5 Å². The van der Waals surface area contributed by atoms with Crippen LogP contribution in [0.1, 0.15) is 43.2 Å². The largest absolute Gasteiger partial charge is 0.483 e. The van der Waals surface area contributed by atoms with Gasteiger partial charge in [-0.2, -0.15) is 0 Å². The molecule has 0 aromatic heterocycles. The van der Waals surface area contributed by atoms with Crippen LogP contribution >= 0.6 is 15.9 Å². The van der Waals surface area contributed by atoms with E-state index in [1.807, 2.05) is 30.3 Å². The van der Waals surface area contributed by atoms with Gasteiger partial charge in [0.25, 0.3) is 5.91 Å². The van der Waals surface area contributed by atoms with E-state index in [1.165, 1.54) is 37.7 Å². The average Bonchev–Trinajstić information content (AvgIpc) is 2.73. The Bertz CT molecular complexity index is 746. The van der Waals surface area contributed by atoms with E-state index in [9.17, 15) is 4.79 Å². The van der Waals surface area contributed by atoms with Gasteiger partial charge in [-0.3, -0.25) is 4.79 Å². The van der Waals surface area contributed by atoms with Gasteiger partial charge in [0.15, 0.2) is 6.61 Å². The van der Waals surface area contributed by atoms with Gasteiger partial charge in [0.2, 0.25) is 0 Å². The van der Waals surface area contributed by atoms with Crippen LogP contribution in [0.5, 0.6) is 5.75 Å². The number of nitrogens with one attached hydrogen (secondary N) is 1. The molecule has 1 amide bonds. The molecule has 0 saturated heterocycles. The molecule has 3 N–H and O–H groups in total. The molecule has 28 heavy (non-hydrogen) atoms. The first kappa shape index (κ1) is 20.9. The minimum atomic E-state index is -0.0824. The Kier molecular flexibility index (Phi) is 8.37. The highest BCUT2D eigenvalue weighted by molar-refractivity contribution is 9.10. The van der Waals surface area contributed by atoms with Crippen molar-refractivity contribution < 1.29 is 14.8 Å². The molecule has 0 unspecified atom stereocenters. The maximum Gasteiger partial charge on any atom is 0.257 e. The maximum absolute atomic E-state index is 12.1. The van der Waals surface area contributed by atoms with Crippen molar-refractivity contribution >= 4 is 21.8 Å². The van der Waals surface area contributed by atoms with Gasteiger partial charge < -0.3 is 15.4 Å². The second kappa shape index (κ2) is 11.2. The third-order valence-electron chi connectivity index (χ3n) is 5.28. The summed E-state index contributed by atoms with van der Waals surface area (Å²) in [6.45, 7) is 1.55. The number of nitrogens with two attached hydrogens (primary N) is 1. The van der Waals surface area contributed by atoms with Gasteiger partial charge in [0.1, 0.15) is 12.3 Å². The zero-order valence-corrected chi connectivity index (χ0v) is 17.9. The lowest BCUT2D eigenvalue weighted by atomic mass is 9.95. The first-order valence-corrected chi connectivity index (χ1v) is 11.0. The Morgan fingerprint density at radius 3 is 2.68 bits per heavy atom. The molecule has 0 spiro atoms. The number of benzene rings is 2. The normalized spacial score (nSPS) is 14.6. The number of carbonyl (C=O) groups excluding carboxylic acids is 1. The summed E-state index contributed by atoms with van der Waals surface area (Å²) >= 11 is 3.55. The van der Waals surface area contributed by atoms with Crippen LogP contribution < -0.4 is 15.4 Å². The number of ether oxygens (including phenoxy) is 1. The number of quaternary nitrogens is 1. The summed E-state index contributed by atoms with van der Waals surface area (Å²) < 4.78 is 6.88. The summed E-state index contributed by atoms with van der Waals surface area (Å²) in [5.74, 6) is 0.717. The fourth-order valence-electron chi connectivity index (χ4n) is 3.70. The molecule has 0 atom stereocenters. The highest BCUT2D eigenvalue weighted by atomic mass is 79.9. The van der Waals surface area contributed by atoms with Crippen molar-refractivity contribution in [3.63, 3.8) is 0 Å². The minimum absolute atomic E-state index is 0.0485. The number of hydrogen-bond donors (Lipinski definition) is 2. The quantitative estimate of drug-likeness (QED) is 0.619. The summed E-state index contributed by atoms with van der Waals surface area (Å²) in [7, 11) is 0. The van der Waals surface area contributed by atoms with Crippen LogP contribution in [0.2, 0.25) is 0 Å². The van der Waals surface area contributed by atoms with Crippen molar-refractivity contribution in [2.24, 2.45) is 0 Å². The zero-order valence-electron chi connectivity index (χ0n) is 16.3. The monoisotopic (exact) mass is 445 g/mol. The van der Waals surface area contributed by atoms with Gasteiger partial charge in [0, 0.05) is 16.6 Å². The Morgan fingerprint density at radius 2 is 1.89 bits per heavy atom. The van der Waals surface area contributed by atoms with Crippen LogP contribution in [0.25, 0.3) is 0 Å². The van der Waals surface area contributed by atoms with Crippen LogP contribution in [0.4, 0.5) is 0 Å². The molecule has 0 aliphatic heterocycles. The molecular formula is C23H30BrN2O2+. The average molecular weight is 446 g/mol. The number of rotatable bonds is 9. The van der Waals surface area contributed by atoms with Crippen molar-refractivity contribution in [2.45, 2.75) is 51.1 Å². The Balaban J connectivity index is 1.45. The van der Waals surface area contributed by atoms with E-state index in [1.54, 1.807) is 0 Å². The second-order valence-electron chi connectivity index (χ2n) is 7.46. The van der Waals surface area contributed by atoms with Gasteiger partial charge in [-0.25, -0.2) is 0 Å². The first-order chi connectivity index (χ1) is 13.7. The van der Waals surface area contributed by atoms with Crippen LogP contribution in [0.15, 0.2) is 53.0 Å². The first-order valence-electron chi connectivity index (χ1n) is 10.3. The molecule has 150 valence electrons. The number of hydrogen-bond acceptors (Lipinski definition) is 2. The lowest BCUT2D eigenvalue weighted by molar-refractivity contribution is -0.706. The lowest BCUT2D eigenvalue weighted by Crippen LogP contribution is -2.88. The molecule has 0 radical (unpaired) electrons. The van der Waals surface area contributed by atoms with Gasteiger partial charge in [0.05, 0.1) is 6.04 Å². The second-order valence-corrected chi connectivity index (χ2v) is 8.38. The molecule has 2 aromatic rings. The fraction of sp³-hybridized carbons (Fsp3) is 0.435. The minimum Gasteiger partial charge on any atom is -0.483 e. The van der Waals surface area contributed by atoms with Gasteiger partial charge in [-0.1, -0.05) is 52.7 Å². The molecule has 1 saturated carbocycles. The molecule has 3 rings (SSSR count). The van der Waals surface area contributed by atoms with Crippen LogP contribution in [-0.2, 0) is 17.8 Å². The third-order valence-corrected chi connectivity index (χ3v) is 5.77. The van der Waals surface area contributed by atoms with Crippen molar-refractivity contribution in [3.8, 4) is 5.75 Å². The van der Waals surface area contributed by atoms with Gasteiger partial charge in [-0.05, 0) is 55.9 Å². The van der Waals surface area contributed by atoms with Crippen molar-refractivity contribution in [2.75, 3.05) is 13.2 Å². The highest BCUT2D eigenvalue weighted by Crippen LogP contribution is 2.23. The van der Waals surface area contributed by atoms with Crippen molar-refractivity contribution in [3.05, 3.63) is 64.1 Å². The number of halogens is 1. The smallest absolute Gasteiger partial charge is 0.257 e.